The highest BCUT2D eigenvalue weighted by atomic mass is 32.2. The fourth-order valence-corrected chi connectivity index (χ4v) is 22.9. The highest BCUT2D eigenvalue weighted by molar-refractivity contribution is 8.00. The van der Waals surface area contributed by atoms with E-state index in [-0.39, 0.29) is 0 Å². The first-order chi connectivity index (χ1) is 28.7. The van der Waals surface area contributed by atoms with Crippen molar-refractivity contribution in [3.63, 3.8) is 0 Å². The molecule has 0 N–H and O–H groups in total. The predicted octanol–water partition coefficient (Wildman–Crippen LogP) is 14.7. The van der Waals surface area contributed by atoms with Crippen LogP contribution in [0.2, 0.25) is 0 Å². The lowest BCUT2D eigenvalue weighted by Gasteiger charge is -2.52. The molecule has 326 valence electrons. The van der Waals surface area contributed by atoms with Crippen LogP contribution in [-0.4, -0.2) is 45.7 Å². The van der Waals surface area contributed by atoms with Gasteiger partial charge in [-0.05, 0) is 212 Å². The Labute approximate surface area is 361 Å². The van der Waals surface area contributed by atoms with Crippen molar-refractivity contribution >= 4 is 11.8 Å². The van der Waals surface area contributed by atoms with Crippen LogP contribution < -0.4 is 0 Å². The van der Waals surface area contributed by atoms with Gasteiger partial charge in [0.05, 0.1) is 12.2 Å². The Morgan fingerprint density at radius 3 is 1.53 bits per heavy atom. The van der Waals surface area contributed by atoms with Crippen molar-refractivity contribution in [1.82, 2.24) is 4.90 Å². The van der Waals surface area contributed by atoms with Gasteiger partial charge in [-0.3, -0.25) is 4.90 Å². The second-order valence-corrected chi connectivity index (χ2v) is 26.1. The van der Waals surface area contributed by atoms with Gasteiger partial charge in [0.2, 0.25) is 0 Å². The van der Waals surface area contributed by atoms with Crippen LogP contribution >= 0.6 is 11.8 Å². The normalized spacial score (nSPS) is 53.5. The summed E-state index contributed by atoms with van der Waals surface area (Å²) in [6.07, 6.45) is 54.0. The van der Waals surface area contributed by atoms with Gasteiger partial charge in [0.15, 0.2) is 0 Å². The van der Waals surface area contributed by atoms with Crippen molar-refractivity contribution < 1.29 is 4.74 Å². The van der Waals surface area contributed by atoms with Crippen LogP contribution in [0.15, 0.2) is 0 Å². The van der Waals surface area contributed by atoms with Gasteiger partial charge in [0.25, 0.3) is 0 Å². The monoisotopic (exact) mass is 812 g/mol. The van der Waals surface area contributed by atoms with Gasteiger partial charge in [-0.2, -0.15) is 11.8 Å². The van der Waals surface area contributed by atoms with Crippen LogP contribution in [0.3, 0.4) is 0 Å². The lowest BCUT2D eigenvalue weighted by Crippen LogP contribution is -2.54. The van der Waals surface area contributed by atoms with Gasteiger partial charge in [-0.25, -0.2) is 0 Å². The van der Waals surface area contributed by atoms with Crippen molar-refractivity contribution in [2.45, 2.75) is 259 Å². The molecule has 2 saturated heterocycles. The molecule has 0 spiro atoms. The van der Waals surface area contributed by atoms with Gasteiger partial charge in [0, 0.05) is 34.5 Å². The van der Waals surface area contributed by atoms with Crippen LogP contribution in [-0.2, 0) is 4.74 Å². The summed E-state index contributed by atoms with van der Waals surface area (Å²) in [5.41, 5.74) is 0. The number of nitrogens with zero attached hydrogens (tertiary/aromatic N) is 1. The Morgan fingerprint density at radius 2 is 0.793 bits per heavy atom. The number of hydrogen-bond donors (Lipinski definition) is 0. The molecule has 2 aliphatic heterocycles. The Bertz CT molecular complexity index is 1360. The molecular weight excluding hydrogens is 723 g/mol. The van der Waals surface area contributed by atoms with Gasteiger partial charge in [0.1, 0.15) is 0 Å². The number of ether oxygens (including phenoxy) is 1. The zero-order chi connectivity index (χ0) is 38.2. The van der Waals surface area contributed by atoms with Gasteiger partial charge >= 0.3 is 0 Å². The van der Waals surface area contributed by atoms with Crippen LogP contribution in [0.1, 0.15) is 218 Å². The molecule has 0 amide bonds. The fourth-order valence-electron chi connectivity index (χ4n) is 20.4. The lowest BCUT2D eigenvalue weighted by atomic mass is 9.61. The molecule has 0 aromatic carbocycles. The first-order valence-electron chi connectivity index (χ1n) is 27.8. The zero-order valence-corrected chi connectivity index (χ0v) is 38.2. The molecule has 12 fully saturated rings. The fraction of sp³-hybridized carbons (Fsp3) is 1.00. The van der Waals surface area contributed by atoms with Crippen LogP contribution in [0.25, 0.3) is 0 Å². The highest BCUT2D eigenvalue weighted by Crippen LogP contribution is 2.64. The van der Waals surface area contributed by atoms with Gasteiger partial charge < -0.3 is 4.74 Å². The van der Waals surface area contributed by atoms with Crippen LogP contribution in [0, 0.1) is 82.9 Å². The molecule has 16 atom stereocenters. The number of thioether (sulfide) groups is 1. The maximum atomic E-state index is 6.91. The van der Waals surface area contributed by atoms with E-state index in [1.165, 1.54) is 44.9 Å². The third-order valence-corrected chi connectivity index (χ3v) is 24.6. The van der Waals surface area contributed by atoms with Crippen LogP contribution in [0.5, 0.6) is 0 Å². The topological polar surface area (TPSA) is 12.5 Å². The molecule has 3 heteroatoms. The van der Waals surface area contributed by atoms with E-state index in [4.69, 9.17) is 4.74 Å². The third-order valence-electron chi connectivity index (χ3n) is 22.6. The van der Waals surface area contributed by atoms with Crippen molar-refractivity contribution in [2.75, 3.05) is 0 Å². The maximum absolute atomic E-state index is 6.91. The first kappa shape index (κ1) is 39.8. The molecule has 0 bridgehead atoms. The summed E-state index contributed by atoms with van der Waals surface area (Å²) in [5, 5.41) is 1.95. The van der Waals surface area contributed by atoms with Crippen molar-refractivity contribution in [2.24, 2.45) is 82.9 Å². The Morgan fingerprint density at radius 1 is 0.293 bits per heavy atom. The van der Waals surface area contributed by atoms with Gasteiger partial charge in [-0.15, -0.1) is 0 Å². The molecular formula is C55H89NOS. The minimum absolute atomic E-state index is 0.626. The summed E-state index contributed by atoms with van der Waals surface area (Å²) in [6.45, 7) is 0. The molecule has 16 unspecified atom stereocenters. The Balaban J connectivity index is 0.738. The Hall–Kier alpha value is 0.270. The number of hydrogen-bond acceptors (Lipinski definition) is 3. The first-order valence-corrected chi connectivity index (χ1v) is 28.8. The van der Waals surface area contributed by atoms with Gasteiger partial charge in [-0.1, -0.05) is 83.5 Å². The SMILES string of the molecule is C1CCC(C2CCCCC2C2CCC(N(C3CCC(C4CCCC5C6CCC7OC8CCCCC8C7C6SC45)CC3)C3CCC4CC5CCCCC5C4C3)CC2)CC1. The molecule has 0 aromatic rings. The molecule has 0 radical (unpaired) electrons. The number of fused-ring (bicyclic) bond motifs is 10. The highest BCUT2D eigenvalue weighted by Gasteiger charge is 2.60. The minimum Gasteiger partial charge on any atom is -0.374 e. The average Bonchev–Trinajstić information content (AvgIpc) is 3.98. The van der Waals surface area contributed by atoms with E-state index in [0.29, 0.717) is 12.2 Å². The zero-order valence-electron chi connectivity index (χ0n) is 37.4. The van der Waals surface area contributed by atoms with Crippen molar-refractivity contribution in [3.05, 3.63) is 0 Å². The molecule has 2 heterocycles. The molecule has 12 rings (SSSR count). The summed E-state index contributed by atoms with van der Waals surface area (Å²) in [7, 11) is 0. The van der Waals surface area contributed by atoms with Crippen LogP contribution in [0.4, 0.5) is 0 Å². The minimum atomic E-state index is 0.626. The smallest absolute Gasteiger partial charge is 0.0621 e. The average molecular weight is 812 g/mol. The van der Waals surface area contributed by atoms with E-state index in [1.807, 2.05) is 0 Å². The lowest BCUT2D eigenvalue weighted by molar-refractivity contribution is -0.0256. The maximum Gasteiger partial charge on any atom is 0.0621 e. The quantitative estimate of drug-likeness (QED) is 0.265. The van der Waals surface area contributed by atoms with Crippen molar-refractivity contribution in [1.29, 1.82) is 0 Å². The molecule has 0 aromatic heterocycles. The summed E-state index contributed by atoms with van der Waals surface area (Å²) >= 11 is 2.61. The molecule has 12 aliphatic rings. The largest absolute Gasteiger partial charge is 0.374 e. The summed E-state index contributed by atoms with van der Waals surface area (Å²) in [5.74, 6) is 14.7. The Kier molecular flexibility index (Phi) is 11.9. The predicted molar refractivity (Wildman–Crippen MR) is 243 cm³/mol. The summed E-state index contributed by atoms with van der Waals surface area (Å²) < 4.78 is 6.91. The summed E-state index contributed by atoms with van der Waals surface area (Å²) in [6, 6.07) is 2.75. The molecule has 10 saturated carbocycles. The number of rotatable bonds is 6. The molecule has 10 aliphatic carbocycles. The standard InChI is InChI=1S/C55H89NOS/c1-2-11-35(12-3-1)43-14-6-7-15-44(43)36-21-26-40(27-22-36)56(42-30-25-39-33-38-13-4-5-16-45(38)50(39)34-42)41-28-23-37(24-29-41)46-18-10-19-47-48-31-32-52-53(55(48)58-54(46)47)49-17-8-9-20-51(49)57-52/h35-55H,1-34H2. The van der Waals surface area contributed by atoms with E-state index in [1.54, 1.807) is 173 Å². The molecule has 58 heavy (non-hydrogen) atoms. The molecule has 2 nitrogen and oxygen atoms in total. The van der Waals surface area contributed by atoms with Crippen molar-refractivity contribution in [3.8, 4) is 0 Å². The third kappa shape index (κ3) is 7.32. The van der Waals surface area contributed by atoms with E-state index in [0.717, 1.165) is 111 Å². The second kappa shape index (κ2) is 17.3. The van der Waals surface area contributed by atoms with E-state index in [2.05, 4.69) is 16.7 Å². The summed E-state index contributed by atoms with van der Waals surface area (Å²) in [4.78, 5) is 3.43. The van der Waals surface area contributed by atoms with E-state index >= 15 is 0 Å². The van der Waals surface area contributed by atoms with E-state index in [9.17, 15) is 0 Å². The van der Waals surface area contributed by atoms with E-state index < -0.39 is 0 Å². The second-order valence-electron chi connectivity index (χ2n) is 24.7.